The Morgan fingerprint density at radius 1 is 1.06 bits per heavy atom. The Balaban J connectivity index is 1.43. The third kappa shape index (κ3) is 4.20. The van der Waals surface area contributed by atoms with Gasteiger partial charge in [-0.25, -0.2) is 4.39 Å². The molecule has 0 aromatic heterocycles. The molecule has 4 saturated carbocycles. The lowest BCUT2D eigenvalue weighted by Crippen LogP contribution is -2.55. The first-order valence-corrected chi connectivity index (χ1v) is 13.3. The van der Waals surface area contributed by atoms with Crippen molar-refractivity contribution < 1.29 is 14.3 Å². The number of fused-ring (bicyclic) bond motifs is 5. The number of rotatable bonds is 7. The molecular weight excluding hydrogens is 389 g/mol. The average molecular weight is 436 g/mol. The van der Waals surface area contributed by atoms with Crippen molar-refractivity contribution in [3.8, 4) is 0 Å². The van der Waals surface area contributed by atoms with Crippen LogP contribution in [0.1, 0.15) is 105 Å². The summed E-state index contributed by atoms with van der Waals surface area (Å²) in [5, 5.41) is 11.9. The molecule has 0 amide bonds. The highest BCUT2D eigenvalue weighted by Gasteiger charge is 2.60. The summed E-state index contributed by atoms with van der Waals surface area (Å²) < 4.78 is 14.1. The number of hydrogen-bond acceptors (Lipinski definition) is 2. The minimum atomic E-state index is -1.42. The van der Waals surface area contributed by atoms with Gasteiger partial charge in [0, 0.05) is 6.04 Å². The van der Waals surface area contributed by atoms with Crippen LogP contribution in [-0.2, 0) is 4.79 Å². The SMILES string of the molecule is CCC[C@@H](C)[C@H]1CCC2C3CCC4CC(NC(F)CC(=O)O)CC[C@]4(C)C3CC[C@@]21C. The van der Waals surface area contributed by atoms with Crippen molar-refractivity contribution in [1.82, 2.24) is 5.32 Å². The molecule has 4 rings (SSSR count). The van der Waals surface area contributed by atoms with E-state index in [9.17, 15) is 9.18 Å². The van der Waals surface area contributed by atoms with E-state index in [1.165, 1.54) is 57.8 Å². The van der Waals surface area contributed by atoms with Crippen molar-refractivity contribution in [3.63, 3.8) is 0 Å². The van der Waals surface area contributed by atoms with E-state index >= 15 is 0 Å². The maximum atomic E-state index is 14.1. The molecule has 4 fully saturated rings. The average Bonchev–Trinajstić information content (AvgIpc) is 3.05. The third-order valence-corrected chi connectivity index (χ3v) is 10.9. The van der Waals surface area contributed by atoms with Crippen molar-refractivity contribution in [1.29, 1.82) is 0 Å². The van der Waals surface area contributed by atoms with E-state index in [2.05, 4.69) is 33.0 Å². The van der Waals surface area contributed by atoms with E-state index in [1.54, 1.807) is 0 Å². The summed E-state index contributed by atoms with van der Waals surface area (Å²) in [7, 11) is 0. The van der Waals surface area contributed by atoms with Gasteiger partial charge in [-0.1, -0.05) is 40.5 Å². The molecule has 0 saturated heterocycles. The zero-order chi connectivity index (χ0) is 22.4. The number of nitrogens with one attached hydrogen (secondary N) is 1. The lowest BCUT2D eigenvalue weighted by molar-refractivity contribution is -0.139. The van der Waals surface area contributed by atoms with Crippen LogP contribution >= 0.6 is 0 Å². The lowest BCUT2D eigenvalue weighted by atomic mass is 9.44. The Bertz CT molecular complexity index is 655. The molecule has 0 aromatic carbocycles. The summed E-state index contributed by atoms with van der Waals surface area (Å²) in [4.78, 5) is 10.8. The molecule has 4 heteroatoms. The molecule has 4 aliphatic rings. The number of carboxylic acid groups (broad SMARTS) is 1. The van der Waals surface area contributed by atoms with E-state index in [4.69, 9.17) is 5.11 Å². The minimum absolute atomic E-state index is 0.142. The quantitative estimate of drug-likeness (QED) is 0.432. The maximum absolute atomic E-state index is 14.1. The van der Waals surface area contributed by atoms with Crippen LogP contribution in [0.2, 0.25) is 0 Å². The van der Waals surface area contributed by atoms with E-state index in [-0.39, 0.29) is 6.04 Å². The second-order valence-corrected chi connectivity index (χ2v) is 12.4. The molecule has 0 radical (unpaired) electrons. The molecule has 2 N–H and O–H groups in total. The number of hydrogen-bond donors (Lipinski definition) is 2. The first kappa shape index (κ1) is 23.5. The smallest absolute Gasteiger partial charge is 0.307 e. The molecule has 0 aromatic rings. The lowest BCUT2D eigenvalue weighted by Gasteiger charge is -2.61. The third-order valence-electron chi connectivity index (χ3n) is 10.9. The number of halogens is 1. The first-order chi connectivity index (χ1) is 14.7. The fourth-order valence-electron chi connectivity index (χ4n) is 9.51. The fourth-order valence-corrected chi connectivity index (χ4v) is 9.51. The summed E-state index contributed by atoms with van der Waals surface area (Å²) in [5.41, 5.74) is 0.949. The van der Waals surface area contributed by atoms with Gasteiger partial charge in [0.2, 0.25) is 0 Å². The normalized spacial score (nSPS) is 46.5. The molecule has 6 unspecified atom stereocenters. The van der Waals surface area contributed by atoms with Crippen LogP contribution in [0.4, 0.5) is 4.39 Å². The second-order valence-electron chi connectivity index (χ2n) is 12.4. The van der Waals surface area contributed by atoms with Crippen LogP contribution in [0.15, 0.2) is 0 Å². The van der Waals surface area contributed by atoms with Crippen LogP contribution in [-0.4, -0.2) is 23.4 Å². The van der Waals surface area contributed by atoms with Crippen molar-refractivity contribution in [2.75, 3.05) is 0 Å². The first-order valence-electron chi connectivity index (χ1n) is 13.3. The molecule has 0 bridgehead atoms. The molecule has 4 aliphatic carbocycles. The highest BCUT2D eigenvalue weighted by Crippen LogP contribution is 2.68. The van der Waals surface area contributed by atoms with Gasteiger partial charge in [-0.2, -0.15) is 0 Å². The standard InChI is InChI=1S/C27H46FNO2/c1-5-6-17(2)21-9-10-22-20-8-7-18-15-19(29-24(28)16-25(30)31)11-13-26(18,3)23(20)12-14-27(21,22)4/h17-24,29H,5-16H2,1-4H3,(H,30,31)/t17-,18?,19?,20?,21-,22?,23?,24?,26+,27-/m1/s1. The van der Waals surface area contributed by atoms with Gasteiger partial charge in [-0.3, -0.25) is 10.1 Å². The van der Waals surface area contributed by atoms with Gasteiger partial charge in [0.05, 0.1) is 6.42 Å². The Labute approximate surface area is 189 Å². The number of carbonyl (C=O) groups is 1. The predicted octanol–water partition coefficient (Wildman–Crippen LogP) is 6.81. The van der Waals surface area contributed by atoms with Gasteiger partial charge >= 0.3 is 5.97 Å². The van der Waals surface area contributed by atoms with E-state index in [1.807, 2.05) is 0 Å². The summed E-state index contributed by atoms with van der Waals surface area (Å²) in [5.74, 6) is 4.03. The topological polar surface area (TPSA) is 49.3 Å². The highest BCUT2D eigenvalue weighted by molar-refractivity contribution is 5.67. The van der Waals surface area contributed by atoms with E-state index < -0.39 is 18.7 Å². The molecule has 0 spiro atoms. The van der Waals surface area contributed by atoms with E-state index in [0.29, 0.717) is 16.7 Å². The predicted molar refractivity (Wildman–Crippen MR) is 123 cm³/mol. The largest absolute Gasteiger partial charge is 0.481 e. The zero-order valence-corrected chi connectivity index (χ0v) is 20.3. The van der Waals surface area contributed by atoms with Crippen LogP contribution in [0.3, 0.4) is 0 Å². The van der Waals surface area contributed by atoms with Crippen molar-refractivity contribution in [3.05, 3.63) is 0 Å². The van der Waals surface area contributed by atoms with E-state index in [0.717, 1.165) is 42.4 Å². The van der Waals surface area contributed by atoms with Crippen LogP contribution < -0.4 is 5.32 Å². The maximum Gasteiger partial charge on any atom is 0.307 e. The number of aliphatic carboxylic acids is 1. The van der Waals surface area contributed by atoms with Gasteiger partial charge < -0.3 is 5.11 Å². The summed E-state index contributed by atoms with van der Waals surface area (Å²) in [6.07, 6.45) is 12.4. The number of carboxylic acids is 1. The second kappa shape index (κ2) is 8.95. The number of alkyl halides is 1. The Morgan fingerprint density at radius 2 is 1.77 bits per heavy atom. The van der Waals surface area contributed by atoms with Crippen molar-refractivity contribution >= 4 is 5.97 Å². The summed E-state index contributed by atoms with van der Waals surface area (Å²) >= 11 is 0. The molecular formula is C27H46FNO2. The molecule has 31 heavy (non-hydrogen) atoms. The van der Waals surface area contributed by atoms with Crippen molar-refractivity contribution in [2.45, 2.75) is 117 Å². The Kier molecular flexibility index (Phi) is 6.79. The van der Waals surface area contributed by atoms with Gasteiger partial charge in [0.15, 0.2) is 6.30 Å². The van der Waals surface area contributed by atoms with Crippen LogP contribution in [0, 0.1) is 46.3 Å². The van der Waals surface area contributed by atoms with Gasteiger partial charge in [0.25, 0.3) is 0 Å². The molecule has 10 atom stereocenters. The van der Waals surface area contributed by atoms with Gasteiger partial charge in [-0.05, 0) is 104 Å². The fraction of sp³-hybridized carbons (Fsp3) is 0.963. The minimum Gasteiger partial charge on any atom is -0.481 e. The molecule has 178 valence electrons. The van der Waals surface area contributed by atoms with Gasteiger partial charge in [0.1, 0.15) is 0 Å². The highest BCUT2D eigenvalue weighted by atomic mass is 19.1. The Morgan fingerprint density at radius 3 is 2.48 bits per heavy atom. The molecule has 0 aliphatic heterocycles. The monoisotopic (exact) mass is 435 g/mol. The summed E-state index contributed by atoms with van der Waals surface area (Å²) in [6, 6.07) is 0.142. The zero-order valence-electron chi connectivity index (χ0n) is 20.3. The molecule has 0 heterocycles. The Hall–Kier alpha value is -0.640. The molecule has 3 nitrogen and oxygen atoms in total. The van der Waals surface area contributed by atoms with Crippen LogP contribution in [0.25, 0.3) is 0 Å². The van der Waals surface area contributed by atoms with Crippen LogP contribution in [0.5, 0.6) is 0 Å². The summed E-state index contributed by atoms with van der Waals surface area (Å²) in [6.45, 7) is 10.1. The van der Waals surface area contributed by atoms with Crippen molar-refractivity contribution in [2.24, 2.45) is 46.3 Å². The van der Waals surface area contributed by atoms with Gasteiger partial charge in [-0.15, -0.1) is 0 Å².